The van der Waals surface area contributed by atoms with E-state index in [1.807, 2.05) is 24.3 Å². The van der Waals surface area contributed by atoms with Crippen LogP contribution in [0.1, 0.15) is 51.7 Å². The summed E-state index contributed by atoms with van der Waals surface area (Å²) in [6.45, 7) is 9.06. The SMILES string of the molecule is CCNC(=O)[C@H](C)NC(=O)CN1C(=O)N[C@](C)(c2ccc(C(C)C)cc2)C1=O. The van der Waals surface area contributed by atoms with Crippen LogP contribution in [-0.4, -0.2) is 47.8 Å². The summed E-state index contributed by atoms with van der Waals surface area (Å²) in [6.07, 6.45) is 0. The van der Waals surface area contributed by atoms with Crippen LogP contribution in [0.5, 0.6) is 0 Å². The van der Waals surface area contributed by atoms with Gasteiger partial charge in [0, 0.05) is 6.54 Å². The fraction of sp³-hybridized carbons (Fsp3) is 0.500. The number of likely N-dealkylation sites (N-methyl/N-ethyl adjacent to an activating group) is 1. The average molecular weight is 388 g/mol. The Hall–Kier alpha value is -2.90. The van der Waals surface area contributed by atoms with Crippen molar-refractivity contribution >= 4 is 23.8 Å². The van der Waals surface area contributed by atoms with Crippen molar-refractivity contribution in [2.24, 2.45) is 0 Å². The summed E-state index contributed by atoms with van der Waals surface area (Å²) in [4.78, 5) is 50.0. The lowest BCUT2D eigenvalue weighted by Gasteiger charge is -2.23. The number of carbonyl (C=O) groups is 4. The van der Waals surface area contributed by atoms with E-state index in [0.29, 0.717) is 18.0 Å². The van der Waals surface area contributed by atoms with Crippen LogP contribution in [0.15, 0.2) is 24.3 Å². The molecule has 2 rings (SSSR count). The number of hydrogen-bond acceptors (Lipinski definition) is 4. The number of carbonyl (C=O) groups excluding carboxylic acids is 4. The molecule has 0 aromatic heterocycles. The molecule has 0 saturated carbocycles. The minimum atomic E-state index is -1.24. The summed E-state index contributed by atoms with van der Waals surface area (Å²) < 4.78 is 0. The number of benzene rings is 1. The monoisotopic (exact) mass is 388 g/mol. The number of amides is 5. The molecule has 1 aliphatic rings. The van der Waals surface area contributed by atoms with E-state index in [1.54, 1.807) is 13.8 Å². The molecule has 1 aliphatic heterocycles. The van der Waals surface area contributed by atoms with Gasteiger partial charge in [0.25, 0.3) is 5.91 Å². The van der Waals surface area contributed by atoms with Gasteiger partial charge in [-0.15, -0.1) is 0 Å². The number of imide groups is 1. The second kappa shape index (κ2) is 8.41. The van der Waals surface area contributed by atoms with Crippen LogP contribution < -0.4 is 16.0 Å². The van der Waals surface area contributed by atoms with Crippen LogP contribution in [-0.2, 0) is 19.9 Å². The summed E-state index contributed by atoms with van der Waals surface area (Å²) >= 11 is 0. The normalized spacial score (nSPS) is 20.1. The third-order valence-corrected chi connectivity index (χ3v) is 4.85. The number of nitrogens with one attached hydrogen (secondary N) is 3. The molecule has 2 atom stereocenters. The van der Waals surface area contributed by atoms with E-state index in [9.17, 15) is 19.2 Å². The fourth-order valence-electron chi connectivity index (χ4n) is 3.06. The first-order chi connectivity index (χ1) is 13.1. The molecule has 0 aliphatic carbocycles. The standard InChI is InChI=1S/C20H28N4O4/c1-6-21-17(26)13(4)22-16(25)11-24-18(27)20(5,23-19(24)28)15-9-7-14(8-10-15)12(2)3/h7-10,12-13H,6,11H2,1-5H3,(H,21,26)(H,22,25)(H,23,28)/t13-,20+/m0/s1. The van der Waals surface area contributed by atoms with Crippen molar-refractivity contribution in [3.63, 3.8) is 0 Å². The Morgan fingerprint density at radius 1 is 1.14 bits per heavy atom. The maximum absolute atomic E-state index is 12.9. The van der Waals surface area contributed by atoms with Gasteiger partial charge in [-0.25, -0.2) is 4.79 Å². The van der Waals surface area contributed by atoms with Gasteiger partial charge in [-0.2, -0.15) is 0 Å². The van der Waals surface area contributed by atoms with Crippen molar-refractivity contribution in [3.8, 4) is 0 Å². The zero-order valence-corrected chi connectivity index (χ0v) is 17.0. The molecule has 8 nitrogen and oxygen atoms in total. The zero-order chi connectivity index (χ0) is 21.1. The van der Waals surface area contributed by atoms with Gasteiger partial charge in [0.05, 0.1) is 0 Å². The van der Waals surface area contributed by atoms with E-state index in [4.69, 9.17) is 0 Å². The second-order valence-electron chi connectivity index (χ2n) is 7.41. The third-order valence-electron chi connectivity index (χ3n) is 4.85. The lowest BCUT2D eigenvalue weighted by atomic mass is 9.90. The predicted molar refractivity (Wildman–Crippen MR) is 104 cm³/mol. The Kier molecular flexibility index (Phi) is 6.43. The lowest BCUT2D eigenvalue weighted by Crippen LogP contribution is -2.49. The van der Waals surface area contributed by atoms with E-state index < -0.39 is 36.0 Å². The van der Waals surface area contributed by atoms with Crippen LogP contribution in [0.2, 0.25) is 0 Å². The van der Waals surface area contributed by atoms with Gasteiger partial charge in [-0.3, -0.25) is 19.3 Å². The van der Waals surface area contributed by atoms with E-state index >= 15 is 0 Å². The van der Waals surface area contributed by atoms with Crippen LogP contribution in [0.4, 0.5) is 4.79 Å². The molecule has 1 saturated heterocycles. The summed E-state index contributed by atoms with van der Waals surface area (Å²) in [5.74, 6) is -1.07. The highest BCUT2D eigenvalue weighted by Gasteiger charge is 2.49. The zero-order valence-electron chi connectivity index (χ0n) is 17.0. The summed E-state index contributed by atoms with van der Waals surface area (Å²) in [5.41, 5.74) is 0.534. The van der Waals surface area contributed by atoms with Crippen LogP contribution in [0.3, 0.4) is 0 Å². The lowest BCUT2D eigenvalue weighted by molar-refractivity contribution is -0.135. The minimum absolute atomic E-state index is 0.330. The molecule has 8 heteroatoms. The smallest absolute Gasteiger partial charge is 0.325 e. The summed E-state index contributed by atoms with van der Waals surface area (Å²) in [6, 6.07) is 6.08. The molecular formula is C20H28N4O4. The number of hydrogen-bond donors (Lipinski definition) is 3. The van der Waals surface area contributed by atoms with Gasteiger partial charge < -0.3 is 16.0 Å². The second-order valence-corrected chi connectivity index (χ2v) is 7.41. The van der Waals surface area contributed by atoms with Crippen molar-refractivity contribution in [3.05, 3.63) is 35.4 Å². The van der Waals surface area contributed by atoms with Gasteiger partial charge in [0.1, 0.15) is 18.1 Å². The molecular weight excluding hydrogens is 360 g/mol. The molecule has 28 heavy (non-hydrogen) atoms. The number of nitrogens with zero attached hydrogens (tertiary/aromatic N) is 1. The molecule has 0 spiro atoms. The Bertz CT molecular complexity index is 775. The number of rotatable bonds is 7. The highest BCUT2D eigenvalue weighted by Crippen LogP contribution is 2.29. The van der Waals surface area contributed by atoms with E-state index in [2.05, 4.69) is 29.8 Å². The maximum atomic E-state index is 12.9. The Balaban J connectivity index is 2.10. The molecule has 0 bridgehead atoms. The quantitative estimate of drug-likeness (QED) is 0.610. The van der Waals surface area contributed by atoms with Gasteiger partial charge in [0.15, 0.2) is 0 Å². The molecule has 1 fully saturated rings. The van der Waals surface area contributed by atoms with E-state index in [1.165, 1.54) is 6.92 Å². The van der Waals surface area contributed by atoms with Crippen LogP contribution >= 0.6 is 0 Å². The largest absolute Gasteiger partial charge is 0.355 e. The first-order valence-electron chi connectivity index (χ1n) is 9.41. The van der Waals surface area contributed by atoms with Crippen molar-refractivity contribution in [2.45, 2.75) is 52.1 Å². The van der Waals surface area contributed by atoms with Gasteiger partial charge >= 0.3 is 6.03 Å². The van der Waals surface area contributed by atoms with Crippen molar-refractivity contribution in [2.75, 3.05) is 13.1 Å². The highest BCUT2D eigenvalue weighted by atomic mass is 16.2. The summed E-state index contributed by atoms with van der Waals surface area (Å²) in [5, 5.41) is 7.76. The van der Waals surface area contributed by atoms with Gasteiger partial charge in [0.2, 0.25) is 11.8 Å². The first-order valence-corrected chi connectivity index (χ1v) is 9.41. The third kappa shape index (κ3) is 4.32. The van der Waals surface area contributed by atoms with Crippen molar-refractivity contribution in [1.29, 1.82) is 0 Å². The van der Waals surface area contributed by atoms with Crippen molar-refractivity contribution in [1.82, 2.24) is 20.9 Å². The predicted octanol–water partition coefficient (Wildman–Crippen LogP) is 1.22. The van der Waals surface area contributed by atoms with Crippen molar-refractivity contribution < 1.29 is 19.2 Å². The Morgan fingerprint density at radius 3 is 2.29 bits per heavy atom. The minimum Gasteiger partial charge on any atom is -0.355 e. The summed E-state index contributed by atoms with van der Waals surface area (Å²) in [7, 11) is 0. The molecule has 0 radical (unpaired) electrons. The topological polar surface area (TPSA) is 108 Å². The van der Waals surface area contributed by atoms with E-state index in [-0.39, 0.29) is 5.91 Å². The molecule has 3 N–H and O–H groups in total. The number of urea groups is 1. The van der Waals surface area contributed by atoms with Gasteiger partial charge in [-0.05, 0) is 37.8 Å². The molecule has 1 heterocycles. The Labute approximate surface area is 165 Å². The maximum Gasteiger partial charge on any atom is 0.325 e. The van der Waals surface area contributed by atoms with Crippen LogP contribution in [0.25, 0.3) is 0 Å². The first kappa shape index (κ1) is 21.4. The molecule has 0 unspecified atom stereocenters. The molecule has 152 valence electrons. The van der Waals surface area contributed by atoms with Gasteiger partial charge in [-0.1, -0.05) is 38.1 Å². The average Bonchev–Trinajstić information content (AvgIpc) is 2.86. The molecule has 1 aromatic carbocycles. The van der Waals surface area contributed by atoms with E-state index in [0.717, 1.165) is 10.5 Å². The molecule has 5 amide bonds. The molecule has 1 aromatic rings. The fourth-order valence-corrected chi connectivity index (χ4v) is 3.06. The highest BCUT2D eigenvalue weighted by molar-refractivity contribution is 6.09. The van der Waals surface area contributed by atoms with Crippen LogP contribution in [0, 0.1) is 0 Å². The Morgan fingerprint density at radius 2 is 1.75 bits per heavy atom.